The number of piperazine rings is 1. The number of hydrogen-bond donors (Lipinski definition) is 0. The fourth-order valence-corrected chi connectivity index (χ4v) is 5.95. The molecule has 1 fully saturated rings. The average Bonchev–Trinajstić information content (AvgIpc) is 3.43. The summed E-state index contributed by atoms with van der Waals surface area (Å²) >= 11 is 1.58. The summed E-state index contributed by atoms with van der Waals surface area (Å²) in [5.41, 5.74) is 3.64. The number of thioether (sulfide) groups is 1. The number of benzene rings is 3. The van der Waals surface area contributed by atoms with Crippen molar-refractivity contribution >= 4 is 23.6 Å². The van der Waals surface area contributed by atoms with E-state index < -0.39 is 0 Å². The zero-order valence-electron chi connectivity index (χ0n) is 23.7. The summed E-state index contributed by atoms with van der Waals surface area (Å²) in [5.74, 6) is 2.33. The topological polar surface area (TPSA) is 80.6 Å². The predicted octanol–water partition coefficient (Wildman–Crippen LogP) is 5.50. The lowest BCUT2D eigenvalue weighted by atomic mass is 10.1. The number of amides is 2. The SMILES string of the molecule is COc1ccccc1-n1c(SCCCC(=O)N2CCN(C(=O)c3ccc(C)cc3)C(C)C2)nnc1-c1ccccc1. The second kappa shape index (κ2) is 13.0. The van der Waals surface area contributed by atoms with Gasteiger partial charge >= 0.3 is 0 Å². The average molecular weight is 570 g/mol. The zero-order chi connectivity index (χ0) is 28.8. The third-order valence-electron chi connectivity index (χ3n) is 7.30. The summed E-state index contributed by atoms with van der Waals surface area (Å²) in [5, 5.41) is 9.76. The molecule has 3 aromatic carbocycles. The largest absolute Gasteiger partial charge is 0.495 e. The van der Waals surface area contributed by atoms with Gasteiger partial charge in [0.25, 0.3) is 5.91 Å². The third kappa shape index (κ3) is 6.46. The van der Waals surface area contributed by atoms with Gasteiger partial charge in [-0.15, -0.1) is 10.2 Å². The molecule has 0 bridgehead atoms. The van der Waals surface area contributed by atoms with Crippen molar-refractivity contribution in [2.75, 3.05) is 32.5 Å². The maximum atomic E-state index is 13.1. The summed E-state index contributed by atoms with van der Waals surface area (Å²) < 4.78 is 7.66. The molecule has 0 N–H and O–H groups in total. The van der Waals surface area contributed by atoms with Crippen LogP contribution in [0.3, 0.4) is 0 Å². The molecule has 1 saturated heterocycles. The lowest BCUT2D eigenvalue weighted by molar-refractivity contribution is -0.133. The van der Waals surface area contributed by atoms with Crippen LogP contribution in [-0.4, -0.2) is 74.9 Å². The van der Waals surface area contributed by atoms with Gasteiger partial charge in [-0.1, -0.05) is 71.9 Å². The van der Waals surface area contributed by atoms with Crippen LogP contribution in [0.15, 0.2) is 84.0 Å². The Morgan fingerprint density at radius 1 is 0.951 bits per heavy atom. The maximum absolute atomic E-state index is 13.1. The van der Waals surface area contributed by atoms with Gasteiger partial charge in [-0.05, 0) is 44.5 Å². The number of rotatable bonds is 9. The van der Waals surface area contributed by atoms with Gasteiger partial charge in [-0.2, -0.15) is 0 Å². The molecule has 8 nitrogen and oxygen atoms in total. The second-order valence-corrected chi connectivity index (χ2v) is 11.2. The zero-order valence-corrected chi connectivity index (χ0v) is 24.5. The molecule has 2 heterocycles. The van der Waals surface area contributed by atoms with Crippen LogP contribution in [0, 0.1) is 6.92 Å². The van der Waals surface area contributed by atoms with E-state index in [1.54, 1.807) is 18.9 Å². The predicted molar refractivity (Wildman–Crippen MR) is 162 cm³/mol. The van der Waals surface area contributed by atoms with E-state index in [4.69, 9.17) is 4.74 Å². The molecule has 1 aliphatic rings. The molecule has 0 radical (unpaired) electrons. The van der Waals surface area contributed by atoms with Gasteiger partial charge < -0.3 is 14.5 Å². The molecule has 0 aliphatic carbocycles. The molecule has 212 valence electrons. The standard InChI is InChI=1S/C32H35N5O3S/c1-23-15-17-26(18-16-23)31(39)36-20-19-35(22-24(36)2)29(38)14-9-21-41-32-34-33-30(25-10-5-4-6-11-25)37(32)27-12-7-8-13-28(27)40-3/h4-8,10-13,15-18,24H,9,14,19-22H2,1-3H3. The van der Waals surface area contributed by atoms with Crippen molar-refractivity contribution in [3.63, 3.8) is 0 Å². The van der Waals surface area contributed by atoms with Crippen LogP contribution in [0.2, 0.25) is 0 Å². The van der Waals surface area contributed by atoms with Crippen LogP contribution >= 0.6 is 11.8 Å². The molecule has 1 aliphatic heterocycles. The number of nitrogens with zero attached hydrogens (tertiary/aromatic N) is 5. The molecular weight excluding hydrogens is 534 g/mol. The minimum absolute atomic E-state index is 0.0232. The number of hydrogen-bond acceptors (Lipinski definition) is 6. The minimum Gasteiger partial charge on any atom is -0.495 e. The van der Waals surface area contributed by atoms with Crippen LogP contribution < -0.4 is 4.74 Å². The Balaban J connectivity index is 1.19. The van der Waals surface area contributed by atoms with Crippen molar-refractivity contribution in [2.45, 2.75) is 37.9 Å². The monoisotopic (exact) mass is 569 g/mol. The summed E-state index contributed by atoms with van der Waals surface area (Å²) in [6.07, 6.45) is 1.15. The van der Waals surface area contributed by atoms with Crippen LogP contribution in [-0.2, 0) is 4.79 Å². The summed E-state index contributed by atoms with van der Waals surface area (Å²) in [4.78, 5) is 29.8. The lowest BCUT2D eigenvalue weighted by Crippen LogP contribution is -2.55. The minimum atomic E-state index is -0.0355. The van der Waals surface area contributed by atoms with E-state index in [0.29, 0.717) is 38.0 Å². The summed E-state index contributed by atoms with van der Waals surface area (Å²) in [7, 11) is 1.66. The van der Waals surface area contributed by atoms with Crippen LogP contribution in [0.1, 0.15) is 35.7 Å². The van der Waals surface area contributed by atoms with Crippen molar-refractivity contribution < 1.29 is 14.3 Å². The van der Waals surface area contributed by atoms with Crippen LogP contribution in [0.5, 0.6) is 5.75 Å². The van der Waals surface area contributed by atoms with Crippen molar-refractivity contribution in [3.8, 4) is 22.8 Å². The molecule has 1 aromatic heterocycles. The number of aryl methyl sites for hydroxylation is 1. The third-order valence-corrected chi connectivity index (χ3v) is 8.31. The van der Waals surface area contributed by atoms with E-state index in [-0.39, 0.29) is 17.9 Å². The lowest BCUT2D eigenvalue weighted by Gasteiger charge is -2.40. The normalized spacial score (nSPS) is 15.1. The molecule has 41 heavy (non-hydrogen) atoms. The molecule has 4 aromatic rings. The summed E-state index contributed by atoms with van der Waals surface area (Å²) in [6, 6.07) is 25.4. The van der Waals surface area contributed by atoms with Crippen molar-refractivity contribution in [1.82, 2.24) is 24.6 Å². The Labute approximate surface area is 245 Å². The van der Waals surface area contributed by atoms with E-state index >= 15 is 0 Å². The highest BCUT2D eigenvalue weighted by atomic mass is 32.2. The van der Waals surface area contributed by atoms with Gasteiger partial charge in [0.2, 0.25) is 5.91 Å². The highest BCUT2D eigenvalue weighted by Crippen LogP contribution is 2.32. The van der Waals surface area contributed by atoms with Gasteiger partial charge in [0.1, 0.15) is 5.75 Å². The molecule has 1 atom stereocenters. The Morgan fingerprint density at radius 2 is 1.68 bits per heavy atom. The van der Waals surface area contributed by atoms with Gasteiger partial charge in [0.05, 0.1) is 12.8 Å². The smallest absolute Gasteiger partial charge is 0.254 e. The maximum Gasteiger partial charge on any atom is 0.254 e. The highest BCUT2D eigenvalue weighted by Gasteiger charge is 2.30. The molecule has 9 heteroatoms. The van der Waals surface area contributed by atoms with Crippen molar-refractivity contribution in [3.05, 3.63) is 90.0 Å². The Kier molecular flexibility index (Phi) is 9.04. The number of carbonyl (C=O) groups is 2. The first-order valence-corrected chi connectivity index (χ1v) is 14.9. The molecule has 5 rings (SSSR count). The fourth-order valence-electron chi connectivity index (χ4n) is 5.06. The van der Waals surface area contributed by atoms with Crippen LogP contribution in [0.4, 0.5) is 0 Å². The van der Waals surface area contributed by atoms with E-state index in [1.165, 1.54) is 0 Å². The molecule has 2 amide bonds. The number of methoxy groups -OCH3 is 1. The second-order valence-electron chi connectivity index (χ2n) is 10.2. The first-order chi connectivity index (χ1) is 20.0. The Morgan fingerprint density at radius 3 is 2.41 bits per heavy atom. The number of ether oxygens (including phenoxy) is 1. The Hall–Kier alpha value is -4.11. The first-order valence-electron chi connectivity index (χ1n) is 13.9. The molecule has 0 spiro atoms. The molecular formula is C32H35N5O3S. The van der Waals surface area contributed by atoms with E-state index in [1.807, 2.05) is 107 Å². The highest BCUT2D eigenvalue weighted by molar-refractivity contribution is 7.99. The first kappa shape index (κ1) is 28.4. The number of carbonyl (C=O) groups excluding carboxylic acids is 2. The van der Waals surface area contributed by atoms with Gasteiger partial charge in [-0.3, -0.25) is 14.2 Å². The number of aromatic nitrogens is 3. The summed E-state index contributed by atoms with van der Waals surface area (Å²) in [6.45, 7) is 5.66. The van der Waals surface area contributed by atoms with Crippen LogP contribution in [0.25, 0.3) is 17.1 Å². The van der Waals surface area contributed by atoms with Gasteiger partial charge in [0, 0.05) is 49.0 Å². The van der Waals surface area contributed by atoms with Gasteiger partial charge in [0.15, 0.2) is 11.0 Å². The van der Waals surface area contributed by atoms with Crippen molar-refractivity contribution in [2.24, 2.45) is 0 Å². The van der Waals surface area contributed by atoms with Crippen molar-refractivity contribution in [1.29, 1.82) is 0 Å². The van der Waals surface area contributed by atoms with Gasteiger partial charge in [-0.25, -0.2) is 0 Å². The quantitative estimate of drug-likeness (QED) is 0.196. The van der Waals surface area contributed by atoms with E-state index in [9.17, 15) is 9.59 Å². The molecule has 1 unspecified atom stereocenters. The molecule has 0 saturated carbocycles. The van der Waals surface area contributed by atoms with E-state index in [2.05, 4.69) is 10.2 Å². The number of para-hydroxylation sites is 2. The fraction of sp³-hybridized carbons (Fsp3) is 0.312. The van der Waals surface area contributed by atoms with E-state index in [0.717, 1.165) is 39.3 Å². The Bertz CT molecular complexity index is 1490.